The van der Waals surface area contributed by atoms with E-state index in [-0.39, 0.29) is 5.97 Å². The fourth-order valence-corrected chi connectivity index (χ4v) is 1.67. The molecular formula is C12H14N2O4. The molecular weight excluding hydrogens is 236 g/mol. The molecule has 0 fully saturated rings. The van der Waals surface area contributed by atoms with E-state index in [4.69, 9.17) is 4.42 Å². The fraction of sp³-hybridized carbons (Fsp3) is 0.333. The van der Waals surface area contributed by atoms with Crippen molar-refractivity contribution in [1.82, 2.24) is 4.98 Å². The third-order valence-corrected chi connectivity index (χ3v) is 2.72. The van der Waals surface area contributed by atoms with E-state index in [1.165, 1.54) is 7.11 Å². The van der Waals surface area contributed by atoms with Crippen LogP contribution in [-0.2, 0) is 9.53 Å². The van der Waals surface area contributed by atoms with E-state index in [2.05, 4.69) is 9.72 Å². The first kappa shape index (κ1) is 12.2. The molecule has 0 unspecified atom stereocenters. The summed E-state index contributed by atoms with van der Waals surface area (Å²) in [7, 11) is 3.23. The molecule has 18 heavy (non-hydrogen) atoms. The first-order valence-corrected chi connectivity index (χ1v) is 5.51. The molecule has 0 aliphatic heterocycles. The molecule has 6 heteroatoms. The van der Waals surface area contributed by atoms with Gasteiger partial charge in [0.25, 0.3) is 0 Å². The summed E-state index contributed by atoms with van der Waals surface area (Å²) in [5, 5.41) is 0. The van der Waals surface area contributed by atoms with Crippen LogP contribution in [0.2, 0.25) is 0 Å². The molecule has 1 aromatic carbocycles. The number of anilines is 1. The number of ether oxygens (including phenoxy) is 1. The average Bonchev–Trinajstić information content (AvgIpc) is 2.74. The summed E-state index contributed by atoms with van der Waals surface area (Å²) in [5.74, 6) is -0.723. The summed E-state index contributed by atoms with van der Waals surface area (Å²) < 4.78 is 9.50. The number of aromatic amines is 1. The number of methoxy groups -OCH3 is 1. The van der Waals surface area contributed by atoms with Crippen molar-refractivity contribution in [1.29, 1.82) is 0 Å². The Kier molecular flexibility index (Phi) is 3.36. The number of esters is 1. The third-order valence-electron chi connectivity index (χ3n) is 2.72. The van der Waals surface area contributed by atoms with E-state index in [0.717, 1.165) is 5.69 Å². The SMILES string of the molecule is COC(=O)CCN(C)c1ccc2oc(=O)[nH]c2c1. The molecule has 0 amide bonds. The zero-order valence-corrected chi connectivity index (χ0v) is 10.2. The molecule has 0 aliphatic rings. The van der Waals surface area contributed by atoms with Gasteiger partial charge in [0.05, 0.1) is 19.0 Å². The van der Waals surface area contributed by atoms with Crippen LogP contribution in [0.3, 0.4) is 0 Å². The third kappa shape index (κ3) is 2.53. The molecule has 0 bridgehead atoms. The number of H-pyrrole nitrogens is 1. The number of nitrogens with one attached hydrogen (secondary N) is 1. The highest BCUT2D eigenvalue weighted by molar-refractivity contribution is 5.77. The van der Waals surface area contributed by atoms with Gasteiger partial charge >= 0.3 is 11.7 Å². The van der Waals surface area contributed by atoms with E-state index >= 15 is 0 Å². The topological polar surface area (TPSA) is 75.5 Å². The van der Waals surface area contributed by atoms with Crippen molar-refractivity contribution in [3.8, 4) is 0 Å². The van der Waals surface area contributed by atoms with Gasteiger partial charge in [0.2, 0.25) is 0 Å². The van der Waals surface area contributed by atoms with Gasteiger partial charge in [-0.3, -0.25) is 9.78 Å². The smallest absolute Gasteiger partial charge is 0.417 e. The number of hydrogen-bond donors (Lipinski definition) is 1. The van der Waals surface area contributed by atoms with Gasteiger partial charge in [-0.2, -0.15) is 0 Å². The van der Waals surface area contributed by atoms with Gasteiger partial charge in [-0.05, 0) is 18.2 Å². The van der Waals surface area contributed by atoms with Gasteiger partial charge in [-0.15, -0.1) is 0 Å². The summed E-state index contributed by atoms with van der Waals surface area (Å²) in [6.07, 6.45) is 0.312. The predicted octanol–water partition coefficient (Wildman–Crippen LogP) is 1.12. The van der Waals surface area contributed by atoms with Crippen molar-refractivity contribution in [3.63, 3.8) is 0 Å². The van der Waals surface area contributed by atoms with Gasteiger partial charge in [-0.25, -0.2) is 4.79 Å². The Balaban J connectivity index is 2.14. The van der Waals surface area contributed by atoms with E-state index in [1.807, 2.05) is 18.0 Å². The number of carbonyl (C=O) groups is 1. The second-order valence-electron chi connectivity index (χ2n) is 3.94. The van der Waals surface area contributed by atoms with Gasteiger partial charge in [0.15, 0.2) is 5.58 Å². The van der Waals surface area contributed by atoms with E-state index in [9.17, 15) is 9.59 Å². The molecule has 0 saturated carbocycles. The minimum Gasteiger partial charge on any atom is -0.469 e. The van der Waals surface area contributed by atoms with E-state index in [0.29, 0.717) is 24.1 Å². The second kappa shape index (κ2) is 4.95. The number of oxazole rings is 1. The Labute approximate surface area is 103 Å². The number of fused-ring (bicyclic) bond motifs is 1. The van der Waals surface area contributed by atoms with Crippen LogP contribution in [0.1, 0.15) is 6.42 Å². The fourth-order valence-electron chi connectivity index (χ4n) is 1.67. The number of nitrogens with zero attached hydrogens (tertiary/aromatic N) is 1. The standard InChI is InChI=1S/C12H14N2O4/c1-14(6-5-11(15)17-2)8-3-4-10-9(7-8)13-12(16)18-10/h3-4,7H,5-6H2,1-2H3,(H,13,16). The zero-order valence-electron chi connectivity index (χ0n) is 10.2. The van der Waals surface area contributed by atoms with Crippen LogP contribution in [0.15, 0.2) is 27.4 Å². The van der Waals surface area contributed by atoms with Crippen LogP contribution >= 0.6 is 0 Å². The number of benzene rings is 1. The molecule has 0 atom stereocenters. The van der Waals surface area contributed by atoms with Crippen LogP contribution < -0.4 is 10.7 Å². The molecule has 0 spiro atoms. The lowest BCUT2D eigenvalue weighted by atomic mass is 10.2. The Hall–Kier alpha value is -2.24. The quantitative estimate of drug-likeness (QED) is 0.823. The van der Waals surface area contributed by atoms with Gasteiger partial charge in [0, 0.05) is 19.3 Å². The van der Waals surface area contributed by atoms with Gasteiger partial charge in [-0.1, -0.05) is 0 Å². The van der Waals surface area contributed by atoms with Crippen molar-refractivity contribution in [2.24, 2.45) is 0 Å². The number of rotatable bonds is 4. The normalized spacial score (nSPS) is 10.6. The minimum absolute atomic E-state index is 0.250. The average molecular weight is 250 g/mol. The van der Waals surface area contributed by atoms with E-state index in [1.54, 1.807) is 12.1 Å². The van der Waals surface area contributed by atoms with Gasteiger partial charge < -0.3 is 14.1 Å². The Morgan fingerprint density at radius 3 is 3.00 bits per heavy atom. The van der Waals surface area contributed by atoms with Crippen LogP contribution in [0, 0.1) is 0 Å². The zero-order chi connectivity index (χ0) is 13.1. The Morgan fingerprint density at radius 1 is 1.50 bits per heavy atom. The highest BCUT2D eigenvalue weighted by Crippen LogP contribution is 2.19. The Morgan fingerprint density at radius 2 is 2.28 bits per heavy atom. The van der Waals surface area contributed by atoms with Crippen molar-refractivity contribution < 1.29 is 13.9 Å². The summed E-state index contributed by atoms with van der Waals surface area (Å²) in [4.78, 5) is 26.6. The summed E-state index contributed by atoms with van der Waals surface area (Å²) in [6.45, 7) is 0.542. The molecule has 1 heterocycles. The number of hydrogen-bond acceptors (Lipinski definition) is 5. The maximum absolute atomic E-state index is 11.1. The van der Waals surface area contributed by atoms with Crippen molar-refractivity contribution in [2.45, 2.75) is 6.42 Å². The molecule has 1 N–H and O–H groups in total. The molecule has 0 aliphatic carbocycles. The monoisotopic (exact) mass is 250 g/mol. The van der Waals surface area contributed by atoms with Crippen molar-refractivity contribution in [2.75, 3.05) is 25.6 Å². The van der Waals surface area contributed by atoms with Crippen LogP contribution in [0.25, 0.3) is 11.1 Å². The van der Waals surface area contributed by atoms with Crippen LogP contribution in [-0.4, -0.2) is 31.7 Å². The highest BCUT2D eigenvalue weighted by Gasteiger charge is 2.07. The second-order valence-corrected chi connectivity index (χ2v) is 3.94. The lowest BCUT2D eigenvalue weighted by molar-refractivity contribution is -0.140. The summed E-state index contributed by atoms with van der Waals surface area (Å²) in [6, 6.07) is 5.35. The van der Waals surface area contributed by atoms with E-state index < -0.39 is 5.76 Å². The summed E-state index contributed by atoms with van der Waals surface area (Å²) >= 11 is 0. The number of carbonyl (C=O) groups excluding carboxylic acids is 1. The minimum atomic E-state index is -0.473. The molecule has 1 aromatic heterocycles. The first-order valence-electron chi connectivity index (χ1n) is 5.51. The molecule has 0 radical (unpaired) electrons. The molecule has 96 valence electrons. The molecule has 0 saturated heterocycles. The Bertz CT molecular complexity index is 614. The molecule has 2 rings (SSSR count). The maximum atomic E-state index is 11.1. The van der Waals surface area contributed by atoms with Crippen molar-refractivity contribution in [3.05, 3.63) is 28.7 Å². The maximum Gasteiger partial charge on any atom is 0.417 e. The van der Waals surface area contributed by atoms with Crippen LogP contribution in [0.4, 0.5) is 5.69 Å². The van der Waals surface area contributed by atoms with Gasteiger partial charge in [0.1, 0.15) is 0 Å². The lowest BCUT2D eigenvalue weighted by Gasteiger charge is -2.18. The predicted molar refractivity (Wildman–Crippen MR) is 66.7 cm³/mol. The lowest BCUT2D eigenvalue weighted by Crippen LogP contribution is -2.21. The molecule has 2 aromatic rings. The first-order chi connectivity index (χ1) is 8.60. The highest BCUT2D eigenvalue weighted by atomic mass is 16.5. The number of aromatic nitrogens is 1. The largest absolute Gasteiger partial charge is 0.469 e. The van der Waals surface area contributed by atoms with Crippen molar-refractivity contribution >= 4 is 22.8 Å². The van der Waals surface area contributed by atoms with Crippen LogP contribution in [0.5, 0.6) is 0 Å². The molecule has 6 nitrogen and oxygen atoms in total. The summed E-state index contributed by atoms with van der Waals surface area (Å²) in [5.41, 5.74) is 2.05.